The van der Waals surface area contributed by atoms with E-state index in [1.54, 1.807) is 24.3 Å². The molecule has 0 spiro atoms. The molecule has 1 aliphatic rings. The van der Waals surface area contributed by atoms with E-state index in [9.17, 15) is 14.7 Å². The number of nitrogens with zero attached hydrogens (tertiary/aromatic N) is 1. The van der Waals surface area contributed by atoms with E-state index in [2.05, 4.69) is 4.98 Å². The summed E-state index contributed by atoms with van der Waals surface area (Å²) >= 11 is 0. The number of rotatable bonds is 3. The van der Waals surface area contributed by atoms with E-state index in [0.29, 0.717) is 18.4 Å². The first-order valence-corrected chi connectivity index (χ1v) is 8.81. The van der Waals surface area contributed by atoms with Gasteiger partial charge in [0.15, 0.2) is 0 Å². The zero-order chi connectivity index (χ0) is 18.3. The molecular weight excluding hydrogens is 328 g/mol. The van der Waals surface area contributed by atoms with Crippen molar-refractivity contribution in [3.63, 3.8) is 0 Å². The summed E-state index contributed by atoms with van der Waals surface area (Å²) in [4.78, 5) is 30.1. The predicted molar refractivity (Wildman–Crippen MR) is 99.1 cm³/mol. The fourth-order valence-electron chi connectivity index (χ4n) is 3.99. The monoisotopic (exact) mass is 348 g/mol. The highest BCUT2D eigenvalue weighted by Crippen LogP contribution is 2.39. The van der Waals surface area contributed by atoms with E-state index in [1.807, 2.05) is 37.3 Å². The van der Waals surface area contributed by atoms with E-state index in [-0.39, 0.29) is 11.9 Å². The van der Waals surface area contributed by atoms with Crippen molar-refractivity contribution in [3.05, 3.63) is 71.4 Å². The Morgan fingerprint density at radius 1 is 1.12 bits per heavy atom. The molecule has 4 rings (SSSR count). The maximum atomic E-state index is 13.2. The minimum Gasteiger partial charge on any atom is -0.480 e. The maximum Gasteiger partial charge on any atom is 0.326 e. The third kappa shape index (κ3) is 2.47. The van der Waals surface area contributed by atoms with Crippen molar-refractivity contribution in [1.82, 2.24) is 9.88 Å². The van der Waals surface area contributed by atoms with Crippen molar-refractivity contribution in [2.45, 2.75) is 31.8 Å². The molecule has 1 aromatic heterocycles. The van der Waals surface area contributed by atoms with Crippen LogP contribution in [0.4, 0.5) is 0 Å². The summed E-state index contributed by atoms with van der Waals surface area (Å²) < 4.78 is 0. The van der Waals surface area contributed by atoms with E-state index in [1.165, 1.54) is 4.90 Å². The number of para-hydroxylation sites is 1. The van der Waals surface area contributed by atoms with Gasteiger partial charge in [-0.3, -0.25) is 4.79 Å². The SMILES string of the molecule is CCC1c2[nH]c3ccccc3c2CC(C(=O)O)N1C(=O)c1ccccc1. The second kappa shape index (κ2) is 6.33. The first-order valence-electron chi connectivity index (χ1n) is 8.81. The lowest BCUT2D eigenvalue weighted by Gasteiger charge is -2.40. The Bertz CT molecular complexity index is 977. The zero-order valence-corrected chi connectivity index (χ0v) is 14.5. The Labute approximate surface area is 151 Å². The van der Waals surface area contributed by atoms with Gasteiger partial charge >= 0.3 is 5.97 Å². The highest BCUT2D eigenvalue weighted by atomic mass is 16.4. The molecule has 132 valence electrons. The number of hydrogen-bond donors (Lipinski definition) is 2. The highest BCUT2D eigenvalue weighted by molar-refractivity contribution is 5.98. The molecule has 3 aromatic rings. The number of hydrogen-bond acceptors (Lipinski definition) is 2. The molecule has 0 bridgehead atoms. The van der Waals surface area contributed by atoms with E-state index in [4.69, 9.17) is 0 Å². The van der Waals surface area contributed by atoms with Gasteiger partial charge in [-0.1, -0.05) is 43.3 Å². The Morgan fingerprint density at radius 3 is 2.50 bits per heavy atom. The molecule has 1 aliphatic heterocycles. The van der Waals surface area contributed by atoms with Crippen molar-refractivity contribution in [3.8, 4) is 0 Å². The third-order valence-corrected chi connectivity index (χ3v) is 5.18. The van der Waals surface area contributed by atoms with Crippen molar-refractivity contribution in [1.29, 1.82) is 0 Å². The average Bonchev–Trinajstić information content (AvgIpc) is 3.05. The lowest BCUT2D eigenvalue weighted by atomic mass is 9.89. The second-order valence-electron chi connectivity index (χ2n) is 6.62. The number of fused-ring (bicyclic) bond motifs is 3. The average molecular weight is 348 g/mol. The molecule has 1 amide bonds. The molecule has 2 atom stereocenters. The standard InChI is InChI=1S/C21H20N2O3/c1-2-17-19-15(14-10-6-7-11-16(14)22-19)12-18(21(25)26)23(17)20(24)13-8-4-3-5-9-13/h3-11,17-18,22H,2,12H2,1H3,(H,25,26). The van der Waals surface area contributed by atoms with E-state index >= 15 is 0 Å². The summed E-state index contributed by atoms with van der Waals surface area (Å²) in [6, 6.07) is 15.6. The number of aromatic amines is 1. The van der Waals surface area contributed by atoms with Crippen LogP contribution in [0.2, 0.25) is 0 Å². The number of aliphatic carboxylic acids is 1. The third-order valence-electron chi connectivity index (χ3n) is 5.18. The molecule has 0 fully saturated rings. The van der Waals surface area contributed by atoms with Crippen molar-refractivity contribution in [2.75, 3.05) is 0 Å². The molecule has 0 saturated carbocycles. The van der Waals surface area contributed by atoms with Crippen LogP contribution in [0.15, 0.2) is 54.6 Å². The minimum absolute atomic E-state index is 0.242. The van der Waals surface area contributed by atoms with Gasteiger partial charge in [-0.2, -0.15) is 0 Å². The number of H-pyrrole nitrogens is 1. The van der Waals surface area contributed by atoms with Gasteiger partial charge in [0.2, 0.25) is 0 Å². The van der Waals surface area contributed by atoms with Crippen LogP contribution in [0.5, 0.6) is 0 Å². The van der Waals surface area contributed by atoms with Gasteiger partial charge in [-0.15, -0.1) is 0 Å². The van der Waals surface area contributed by atoms with Gasteiger partial charge in [0.25, 0.3) is 5.91 Å². The second-order valence-corrected chi connectivity index (χ2v) is 6.62. The topological polar surface area (TPSA) is 73.4 Å². The molecule has 26 heavy (non-hydrogen) atoms. The molecule has 2 heterocycles. The number of nitrogens with one attached hydrogen (secondary N) is 1. The van der Waals surface area contributed by atoms with Gasteiger partial charge in [0.1, 0.15) is 6.04 Å². The summed E-state index contributed by atoms with van der Waals surface area (Å²) in [5, 5.41) is 10.9. The number of carboxylic acid groups (broad SMARTS) is 1. The largest absolute Gasteiger partial charge is 0.480 e. The van der Waals surface area contributed by atoms with Crippen LogP contribution in [0.25, 0.3) is 10.9 Å². The first-order chi connectivity index (χ1) is 12.6. The zero-order valence-electron chi connectivity index (χ0n) is 14.5. The van der Waals surface area contributed by atoms with Crippen LogP contribution in [0.3, 0.4) is 0 Å². The summed E-state index contributed by atoms with van der Waals surface area (Å²) in [6.07, 6.45) is 0.950. The van der Waals surface area contributed by atoms with E-state index < -0.39 is 12.0 Å². The molecule has 5 heteroatoms. The smallest absolute Gasteiger partial charge is 0.326 e. The fraction of sp³-hybridized carbons (Fsp3) is 0.238. The Hall–Kier alpha value is -3.08. The van der Waals surface area contributed by atoms with Gasteiger partial charge in [0, 0.05) is 28.6 Å². The Morgan fingerprint density at radius 2 is 1.81 bits per heavy atom. The van der Waals surface area contributed by atoms with Crippen LogP contribution in [-0.4, -0.2) is 32.9 Å². The van der Waals surface area contributed by atoms with Crippen LogP contribution in [-0.2, 0) is 11.2 Å². The summed E-state index contributed by atoms with van der Waals surface area (Å²) in [6.45, 7) is 1.98. The summed E-state index contributed by atoms with van der Waals surface area (Å²) in [5.41, 5.74) is 3.46. The maximum absolute atomic E-state index is 13.2. The van der Waals surface area contributed by atoms with Gasteiger partial charge in [-0.05, 0) is 30.2 Å². The molecule has 0 radical (unpaired) electrons. The van der Waals surface area contributed by atoms with Gasteiger partial charge in [-0.25, -0.2) is 4.79 Å². The molecule has 2 aromatic carbocycles. The lowest BCUT2D eigenvalue weighted by molar-refractivity contribution is -0.143. The summed E-state index contributed by atoms with van der Waals surface area (Å²) in [5.74, 6) is -1.21. The predicted octanol–water partition coefficient (Wildman–Crippen LogP) is 3.77. The number of aromatic nitrogens is 1. The van der Waals surface area contributed by atoms with Crippen LogP contribution < -0.4 is 0 Å². The molecular formula is C21H20N2O3. The van der Waals surface area contributed by atoms with Gasteiger partial charge < -0.3 is 15.0 Å². The highest BCUT2D eigenvalue weighted by Gasteiger charge is 2.42. The molecule has 5 nitrogen and oxygen atoms in total. The molecule has 0 saturated heterocycles. The van der Waals surface area contributed by atoms with E-state index in [0.717, 1.165) is 22.2 Å². The number of carboxylic acids is 1. The van der Waals surface area contributed by atoms with Crippen molar-refractivity contribution >= 4 is 22.8 Å². The quantitative estimate of drug-likeness (QED) is 0.757. The van der Waals surface area contributed by atoms with Crippen molar-refractivity contribution < 1.29 is 14.7 Å². The Kier molecular flexibility index (Phi) is 3.99. The van der Waals surface area contributed by atoms with Crippen molar-refractivity contribution in [2.24, 2.45) is 0 Å². The molecule has 2 N–H and O–H groups in total. The molecule has 2 unspecified atom stereocenters. The van der Waals surface area contributed by atoms with Crippen LogP contribution in [0.1, 0.15) is 41.0 Å². The number of benzene rings is 2. The van der Waals surface area contributed by atoms with Crippen LogP contribution in [0, 0.1) is 0 Å². The molecule has 0 aliphatic carbocycles. The van der Waals surface area contributed by atoms with Crippen LogP contribution >= 0.6 is 0 Å². The minimum atomic E-state index is -0.969. The number of carbonyl (C=O) groups excluding carboxylic acids is 1. The number of amides is 1. The summed E-state index contributed by atoms with van der Waals surface area (Å²) in [7, 11) is 0. The fourth-order valence-corrected chi connectivity index (χ4v) is 3.99. The number of carbonyl (C=O) groups is 2. The normalized spacial score (nSPS) is 19.3. The lowest BCUT2D eigenvalue weighted by Crippen LogP contribution is -2.51. The van der Waals surface area contributed by atoms with Gasteiger partial charge in [0.05, 0.1) is 6.04 Å². The first kappa shape index (κ1) is 16.4. The Balaban J connectivity index is 1.87.